The monoisotopic (exact) mass is 350 g/mol. The first-order valence-electron chi connectivity index (χ1n) is 7.16. The first-order valence-corrected chi connectivity index (χ1v) is 7.16. The van der Waals surface area contributed by atoms with Gasteiger partial charge in [-0.05, 0) is 17.7 Å². The van der Waals surface area contributed by atoms with Crippen molar-refractivity contribution < 1.29 is 23.4 Å². The van der Waals surface area contributed by atoms with E-state index in [4.69, 9.17) is 9.84 Å². The molecule has 0 aliphatic carbocycles. The largest absolute Gasteiger partial charge is 0.427 e. The van der Waals surface area contributed by atoms with Crippen molar-refractivity contribution in [1.29, 1.82) is 0 Å². The summed E-state index contributed by atoms with van der Waals surface area (Å²) < 4.78 is 33.5. The van der Waals surface area contributed by atoms with Crippen LogP contribution >= 0.6 is 12.4 Å². The fraction of sp³-hybridized carbons (Fsp3) is 0.533. The normalized spacial score (nSPS) is 17.2. The van der Waals surface area contributed by atoms with Crippen LogP contribution in [0, 0.1) is 0 Å². The molecule has 1 heterocycles. The number of benzene rings is 1. The lowest BCUT2D eigenvalue weighted by Gasteiger charge is -2.38. The molecular formula is C15H21ClF2N2O3. The maximum Gasteiger partial charge on any atom is 0.308 e. The number of carbonyl (C=O) groups excluding carboxylic acids is 1. The van der Waals surface area contributed by atoms with Gasteiger partial charge in [0.25, 0.3) is 5.92 Å². The molecule has 1 aromatic rings. The van der Waals surface area contributed by atoms with Crippen molar-refractivity contribution in [2.24, 2.45) is 0 Å². The third kappa shape index (κ3) is 5.10. The molecule has 5 nitrogen and oxygen atoms in total. The number of aliphatic hydroxyl groups is 1. The fourth-order valence-corrected chi connectivity index (χ4v) is 2.66. The highest BCUT2D eigenvalue weighted by molar-refractivity contribution is 5.85. The van der Waals surface area contributed by atoms with E-state index in [-0.39, 0.29) is 18.2 Å². The minimum atomic E-state index is -3.29. The Kier molecular flexibility index (Phi) is 7.34. The van der Waals surface area contributed by atoms with Gasteiger partial charge in [0.15, 0.2) is 0 Å². The van der Waals surface area contributed by atoms with E-state index in [1.165, 1.54) is 19.1 Å². The van der Waals surface area contributed by atoms with Crippen LogP contribution in [0.1, 0.15) is 18.5 Å². The average molecular weight is 351 g/mol. The number of piperazine rings is 1. The Bertz CT molecular complexity index is 525. The zero-order valence-corrected chi connectivity index (χ0v) is 13.6. The van der Waals surface area contributed by atoms with E-state index >= 15 is 0 Å². The van der Waals surface area contributed by atoms with Crippen molar-refractivity contribution in [2.75, 3.05) is 32.8 Å². The second-order valence-corrected chi connectivity index (χ2v) is 5.27. The van der Waals surface area contributed by atoms with Gasteiger partial charge in [-0.2, -0.15) is 0 Å². The first-order chi connectivity index (χ1) is 10.4. The van der Waals surface area contributed by atoms with Crippen molar-refractivity contribution in [3.63, 3.8) is 0 Å². The molecule has 130 valence electrons. The molecule has 1 saturated heterocycles. The van der Waals surface area contributed by atoms with E-state index in [0.29, 0.717) is 31.7 Å². The highest BCUT2D eigenvalue weighted by Gasteiger charge is 2.44. The minimum Gasteiger partial charge on any atom is -0.427 e. The zero-order valence-electron chi connectivity index (χ0n) is 12.8. The highest BCUT2D eigenvalue weighted by Crippen LogP contribution is 2.37. The van der Waals surface area contributed by atoms with Gasteiger partial charge in [-0.1, -0.05) is 12.1 Å². The van der Waals surface area contributed by atoms with Crippen LogP contribution in [0.2, 0.25) is 0 Å². The number of nitrogens with one attached hydrogen (secondary N) is 1. The second-order valence-electron chi connectivity index (χ2n) is 5.27. The highest BCUT2D eigenvalue weighted by atomic mass is 35.5. The minimum absolute atomic E-state index is 0. The second kappa shape index (κ2) is 8.54. The van der Waals surface area contributed by atoms with E-state index < -0.39 is 24.5 Å². The fourth-order valence-electron chi connectivity index (χ4n) is 2.66. The average Bonchev–Trinajstić information content (AvgIpc) is 2.48. The SMILES string of the molecule is CC(=O)Oc1cccc([C@@H](N2CCNCC2)C(F)(F)CO)c1.Cl. The molecule has 1 atom stereocenters. The van der Waals surface area contributed by atoms with Crippen LogP contribution in [0.25, 0.3) is 0 Å². The third-order valence-corrected chi connectivity index (χ3v) is 3.56. The summed E-state index contributed by atoms with van der Waals surface area (Å²) in [6.45, 7) is 2.15. The molecular weight excluding hydrogens is 330 g/mol. The molecule has 0 saturated carbocycles. The van der Waals surface area contributed by atoms with Crippen molar-refractivity contribution in [3.05, 3.63) is 29.8 Å². The summed E-state index contributed by atoms with van der Waals surface area (Å²) in [5, 5.41) is 12.2. The van der Waals surface area contributed by atoms with Crippen LogP contribution in [0.3, 0.4) is 0 Å². The van der Waals surface area contributed by atoms with Crippen molar-refractivity contribution in [1.82, 2.24) is 10.2 Å². The number of nitrogens with zero attached hydrogens (tertiary/aromatic N) is 1. The smallest absolute Gasteiger partial charge is 0.308 e. The van der Waals surface area contributed by atoms with Crippen molar-refractivity contribution in [2.45, 2.75) is 18.9 Å². The number of halogens is 3. The summed E-state index contributed by atoms with van der Waals surface area (Å²) in [6, 6.07) is 4.84. The predicted octanol–water partition coefficient (Wildman–Crippen LogP) is 1.61. The van der Waals surface area contributed by atoms with E-state index in [1.54, 1.807) is 17.0 Å². The van der Waals surface area contributed by atoms with Crippen LogP contribution < -0.4 is 10.1 Å². The lowest BCUT2D eigenvalue weighted by atomic mass is 9.98. The van der Waals surface area contributed by atoms with Crippen molar-refractivity contribution >= 4 is 18.4 Å². The van der Waals surface area contributed by atoms with E-state index in [0.717, 1.165) is 0 Å². The molecule has 0 spiro atoms. The van der Waals surface area contributed by atoms with E-state index in [9.17, 15) is 13.6 Å². The van der Waals surface area contributed by atoms with Gasteiger partial charge in [-0.15, -0.1) is 12.4 Å². The zero-order chi connectivity index (χ0) is 16.2. The summed E-state index contributed by atoms with van der Waals surface area (Å²) in [7, 11) is 0. The van der Waals surface area contributed by atoms with Crippen LogP contribution in [-0.2, 0) is 4.79 Å². The van der Waals surface area contributed by atoms with Crippen LogP contribution in [0.5, 0.6) is 5.75 Å². The maximum atomic E-state index is 14.3. The molecule has 2 rings (SSSR count). The van der Waals surface area contributed by atoms with Gasteiger partial charge in [0.1, 0.15) is 18.4 Å². The molecule has 23 heavy (non-hydrogen) atoms. The van der Waals surface area contributed by atoms with Crippen LogP contribution in [0.4, 0.5) is 8.78 Å². The Balaban J connectivity index is 0.00000264. The number of ether oxygens (including phenoxy) is 1. The molecule has 1 aliphatic heterocycles. The quantitative estimate of drug-likeness (QED) is 0.624. The summed E-state index contributed by atoms with van der Waals surface area (Å²) in [6.07, 6.45) is 0. The molecule has 1 aromatic carbocycles. The van der Waals surface area contributed by atoms with Gasteiger partial charge >= 0.3 is 5.97 Å². The lowest BCUT2D eigenvalue weighted by molar-refractivity contribution is -0.131. The van der Waals surface area contributed by atoms with Crippen LogP contribution in [-0.4, -0.2) is 54.7 Å². The van der Waals surface area contributed by atoms with Gasteiger partial charge in [0, 0.05) is 33.1 Å². The Morgan fingerprint density at radius 1 is 1.43 bits per heavy atom. The van der Waals surface area contributed by atoms with Gasteiger partial charge < -0.3 is 15.2 Å². The maximum absolute atomic E-state index is 14.3. The Morgan fingerprint density at radius 3 is 2.65 bits per heavy atom. The Hall–Kier alpha value is -1.28. The van der Waals surface area contributed by atoms with Crippen LogP contribution in [0.15, 0.2) is 24.3 Å². The molecule has 0 aromatic heterocycles. The van der Waals surface area contributed by atoms with Crippen molar-refractivity contribution in [3.8, 4) is 5.75 Å². The number of hydrogen-bond donors (Lipinski definition) is 2. The standard InChI is InChI=1S/C15H20F2N2O3.ClH/c1-11(21)22-13-4-2-3-12(9-13)14(15(16,17)10-20)19-7-5-18-6-8-19;/h2-4,9,14,18,20H,5-8,10H2,1H3;1H/t14-;/m1./s1. The van der Waals surface area contributed by atoms with Gasteiger partial charge in [-0.25, -0.2) is 8.78 Å². The van der Waals surface area contributed by atoms with E-state index in [1.807, 2.05) is 0 Å². The number of alkyl halides is 2. The molecule has 0 amide bonds. The number of rotatable bonds is 5. The lowest BCUT2D eigenvalue weighted by Crippen LogP contribution is -2.51. The number of aliphatic hydroxyl groups excluding tert-OH is 1. The number of hydrogen-bond acceptors (Lipinski definition) is 5. The predicted molar refractivity (Wildman–Crippen MR) is 84.2 cm³/mol. The first kappa shape index (κ1) is 19.8. The molecule has 1 fully saturated rings. The Morgan fingerprint density at radius 2 is 2.09 bits per heavy atom. The molecule has 2 N–H and O–H groups in total. The molecule has 8 heteroatoms. The molecule has 0 bridgehead atoms. The van der Waals surface area contributed by atoms with E-state index in [2.05, 4.69) is 5.32 Å². The topological polar surface area (TPSA) is 61.8 Å². The summed E-state index contributed by atoms with van der Waals surface area (Å²) in [5.41, 5.74) is 0.319. The number of esters is 1. The number of carbonyl (C=O) groups is 1. The van der Waals surface area contributed by atoms with Gasteiger partial charge in [-0.3, -0.25) is 9.69 Å². The summed E-state index contributed by atoms with van der Waals surface area (Å²) in [5.74, 6) is -3.57. The summed E-state index contributed by atoms with van der Waals surface area (Å²) in [4.78, 5) is 12.7. The molecule has 0 unspecified atom stereocenters. The van der Waals surface area contributed by atoms with Gasteiger partial charge in [0.05, 0.1) is 0 Å². The molecule has 0 radical (unpaired) electrons. The Labute approximate surface area is 140 Å². The third-order valence-electron chi connectivity index (χ3n) is 3.56. The van der Waals surface area contributed by atoms with Gasteiger partial charge in [0.2, 0.25) is 0 Å². The summed E-state index contributed by atoms with van der Waals surface area (Å²) >= 11 is 0. The molecule has 1 aliphatic rings.